The van der Waals surface area contributed by atoms with Crippen LogP contribution in [0.25, 0.3) is 0 Å². The van der Waals surface area contributed by atoms with Crippen molar-refractivity contribution in [3.63, 3.8) is 0 Å². The third-order valence-corrected chi connectivity index (χ3v) is 3.14. The van der Waals surface area contributed by atoms with Gasteiger partial charge >= 0.3 is 5.69 Å². The number of nitro groups is 1. The minimum Gasteiger partial charge on any atom is -0.504 e. The third-order valence-electron chi connectivity index (χ3n) is 3.14. The number of nitrogens with one attached hydrogen (secondary N) is 1. The Morgan fingerprint density at radius 2 is 1.96 bits per heavy atom. The molecular formula is C17H17N3O6. The Labute approximate surface area is 149 Å². The number of aromatic hydroxyl groups is 1. The van der Waals surface area contributed by atoms with Crippen LogP contribution >= 0.6 is 0 Å². The van der Waals surface area contributed by atoms with E-state index in [4.69, 9.17) is 9.47 Å². The lowest BCUT2D eigenvalue weighted by molar-refractivity contribution is -0.385. The molecule has 9 heteroatoms. The summed E-state index contributed by atoms with van der Waals surface area (Å²) in [6.07, 6.45) is 1.25. The summed E-state index contributed by atoms with van der Waals surface area (Å²) >= 11 is 0. The van der Waals surface area contributed by atoms with Gasteiger partial charge in [-0.2, -0.15) is 5.10 Å². The second-order valence-electron chi connectivity index (χ2n) is 4.93. The average Bonchev–Trinajstić information content (AvgIpc) is 2.63. The molecular weight excluding hydrogens is 342 g/mol. The molecule has 0 aliphatic rings. The van der Waals surface area contributed by atoms with Gasteiger partial charge in [0.1, 0.15) is 0 Å². The van der Waals surface area contributed by atoms with Crippen molar-refractivity contribution in [1.82, 2.24) is 5.43 Å². The zero-order valence-corrected chi connectivity index (χ0v) is 13.9. The fourth-order valence-electron chi connectivity index (χ4n) is 1.99. The number of hydrogen-bond donors (Lipinski definition) is 2. The van der Waals surface area contributed by atoms with Crippen LogP contribution in [0.1, 0.15) is 12.5 Å². The van der Waals surface area contributed by atoms with Crippen molar-refractivity contribution in [2.75, 3.05) is 13.2 Å². The summed E-state index contributed by atoms with van der Waals surface area (Å²) in [5.74, 6) is -0.412. The molecule has 0 fully saturated rings. The van der Waals surface area contributed by atoms with Crippen LogP contribution < -0.4 is 14.9 Å². The molecule has 1 amide bonds. The minimum atomic E-state index is -0.611. The van der Waals surface area contributed by atoms with E-state index in [1.807, 2.05) is 0 Å². The molecule has 0 atom stereocenters. The Morgan fingerprint density at radius 1 is 1.23 bits per heavy atom. The molecule has 2 aromatic carbocycles. The second kappa shape index (κ2) is 9.02. The molecule has 0 aliphatic heterocycles. The van der Waals surface area contributed by atoms with Crippen molar-refractivity contribution in [2.45, 2.75) is 6.92 Å². The summed E-state index contributed by atoms with van der Waals surface area (Å²) in [5, 5.41) is 24.6. The fraction of sp³-hybridized carbons (Fsp3) is 0.176. The number of carbonyl (C=O) groups excluding carboxylic acids is 1. The minimum absolute atomic E-state index is 0.0151. The summed E-state index contributed by atoms with van der Waals surface area (Å²) in [5.41, 5.74) is 2.34. The van der Waals surface area contributed by atoms with Crippen LogP contribution in [0.5, 0.6) is 17.2 Å². The van der Waals surface area contributed by atoms with Crippen LogP contribution in [0.3, 0.4) is 0 Å². The van der Waals surface area contributed by atoms with Gasteiger partial charge in [0.25, 0.3) is 5.91 Å². The van der Waals surface area contributed by atoms with E-state index in [0.29, 0.717) is 17.9 Å². The lowest BCUT2D eigenvalue weighted by Crippen LogP contribution is -2.24. The van der Waals surface area contributed by atoms with Crippen molar-refractivity contribution in [3.8, 4) is 17.2 Å². The number of rotatable bonds is 8. The molecule has 0 saturated carbocycles. The number of benzene rings is 2. The Kier molecular flexibility index (Phi) is 6.49. The molecule has 2 rings (SSSR count). The predicted molar refractivity (Wildman–Crippen MR) is 93.6 cm³/mol. The number of amides is 1. The van der Waals surface area contributed by atoms with Gasteiger partial charge in [0.2, 0.25) is 0 Å². The average molecular weight is 359 g/mol. The predicted octanol–water partition coefficient (Wildman–Crippen LogP) is 2.23. The molecule has 0 spiro atoms. The first kappa shape index (κ1) is 18.7. The number of hydrogen-bond acceptors (Lipinski definition) is 7. The number of phenolic OH excluding ortho intramolecular Hbond substituents is 1. The number of phenols is 1. The maximum atomic E-state index is 11.7. The van der Waals surface area contributed by atoms with Gasteiger partial charge in [-0.1, -0.05) is 18.2 Å². The largest absolute Gasteiger partial charge is 0.504 e. The third kappa shape index (κ3) is 4.94. The van der Waals surface area contributed by atoms with Crippen LogP contribution in [-0.4, -0.2) is 35.4 Å². The zero-order valence-electron chi connectivity index (χ0n) is 13.9. The Bertz CT molecular complexity index is 822. The highest BCUT2D eigenvalue weighted by Crippen LogP contribution is 2.28. The van der Waals surface area contributed by atoms with E-state index in [1.165, 1.54) is 24.4 Å². The van der Waals surface area contributed by atoms with E-state index in [2.05, 4.69) is 10.5 Å². The van der Waals surface area contributed by atoms with Gasteiger partial charge < -0.3 is 14.6 Å². The van der Waals surface area contributed by atoms with Gasteiger partial charge in [-0.15, -0.1) is 0 Å². The van der Waals surface area contributed by atoms with Gasteiger partial charge in [-0.3, -0.25) is 14.9 Å². The van der Waals surface area contributed by atoms with Crippen LogP contribution in [0.2, 0.25) is 0 Å². The van der Waals surface area contributed by atoms with Gasteiger partial charge in [0.05, 0.1) is 17.7 Å². The quantitative estimate of drug-likeness (QED) is 0.423. The second-order valence-corrected chi connectivity index (χ2v) is 4.93. The zero-order chi connectivity index (χ0) is 18.9. The summed E-state index contributed by atoms with van der Waals surface area (Å²) in [6.45, 7) is 1.73. The Balaban J connectivity index is 1.92. The van der Waals surface area contributed by atoms with E-state index in [-0.39, 0.29) is 17.2 Å². The smallest absolute Gasteiger partial charge is 0.310 e. The SMILES string of the molecule is CCOc1cccc(/C=N/NC(=O)COc2ccccc2[N+](=O)[O-])c1O. The molecule has 0 bridgehead atoms. The lowest BCUT2D eigenvalue weighted by Gasteiger charge is -2.07. The molecule has 136 valence electrons. The van der Waals surface area contributed by atoms with Crippen molar-refractivity contribution in [3.05, 3.63) is 58.1 Å². The summed E-state index contributed by atoms with van der Waals surface area (Å²) in [6, 6.07) is 10.6. The summed E-state index contributed by atoms with van der Waals surface area (Å²) in [4.78, 5) is 22.0. The Hall–Kier alpha value is -3.62. The maximum absolute atomic E-state index is 11.7. The van der Waals surface area contributed by atoms with E-state index >= 15 is 0 Å². The van der Waals surface area contributed by atoms with Crippen LogP contribution in [0.4, 0.5) is 5.69 Å². The monoisotopic (exact) mass is 359 g/mol. The molecule has 0 heterocycles. The molecule has 0 radical (unpaired) electrons. The van der Waals surface area contributed by atoms with Crippen molar-refractivity contribution in [1.29, 1.82) is 0 Å². The first-order valence-electron chi connectivity index (χ1n) is 7.65. The molecule has 2 aromatic rings. The number of nitro benzene ring substituents is 1. The topological polar surface area (TPSA) is 123 Å². The first-order chi connectivity index (χ1) is 12.5. The van der Waals surface area contributed by atoms with Crippen LogP contribution in [0, 0.1) is 10.1 Å². The molecule has 0 saturated heterocycles. The van der Waals surface area contributed by atoms with Gasteiger partial charge in [0, 0.05) is 11.6 Å². The number of carbonyl (C=O) groups is 1. The molecule has 0 aliphatic carbocycles. The highest BCUT2D eigenvalue weighted by atomic mass is 16.6. The first-order valence-corrected chi connectivity index (χ1v) is 7.65. The molecule has 9 nitrogen and oxygen atoms in total. The van der Waals surface area contributed by atoms with Crippen molar-refractivity contribution >= 4 is 17.8 Å². The standard InChI is InChI=1S/C17H17N3O6/c1-2-25-15-9-5-6-12(17(15)22)10-18-19-16(21)11-26-14-8-4-3-7-13(14)20(23)24/h3-10,22H,2,11H2,1H3,(H,19,21)/b18-10+. The number of ether oxygens (including phenoxy) is 2. The highest BCUT2D eigenvalue weighted by Gasteiger charge is 2.14. The van der Waals surface area contributed by atoms with Gasteiger partial charge in [0.15, 0.2) is 23.9 Å². The van der Waals surface area contributed by atoms with Gasteiger partial charge in [-0.25, -0.2) is 5.43 Å². The maximum Gasteiger partial charge on any atom is 0.310 e. The molecule has 2 N–H and O–H groups in total. The van der Waals surface area contributed by atoms with Crippen LogP contribution in [0.15, 0.2) is 47.6 Å². The van der Waals surface area contributed by atoms with E-state index in [9.17, 15) is 20.0 Å². The normalized spacial score (nSPS) is 10.5. The van der Waals surface area contributed by atoms with E-state index < -0.39 is 17.4 Å². The van der Waals surface area contributed by atoms with Gasteiger partial charge in [-0.05, 0) is 25.1 Å². The summed E-state index contributed by atoms with van der Waals surface area (Å²) < 4.78 is 10.4. The lowest BCUT2D eigenvalue weighted by atomic mass is 10.2. The van der Waals surface area contributed by atoms with Crippen molar-refractivity contribution < 1.29 is 24.3 Å². The molecule has 26 heavy (non-hydrogen) atoms. The highest BCUT2D eigenvalue weighted by molar-refractivity contribution is 5.86. The fourth-order valence-corrected chi connectivity index (χ4v) is 1.99. The molecule has 0 aromatic heterocycles. The summed E-state index contributed by atoms with van der Waals surface area (Å²) in [7, 11) is 0. The van der Waals surface area contributed by atoms with E-state index in [1.54, 1.807) is 31.2 Å². The van der Waals surface area contributed by atoms with Crippen LogP contribution in [-0.2, 0) is 4.79 Å². The molecule has 0 unspecified atom stereocenters. The number of nitrogens with zero attached hydrogens (tertiary/aromatic N) is 2. The van der Waals surface area contributed by atoms with Crippen molar-refractivity contribution in [2.24, 2.45) is 5.10 Å². The van der Waals surface area contributed by atoms with E-state index in [0.717, 1.165) is 0 Å². The number of hydrazone groups is 1. The number of para-hydroxylation sites is 3. The Morgan fingerprint density at radius 3 is 2.69 bits per heavy atom.